The summed E-state index contributed by atoms with van der Waals surface area (Å²) in [5.41, 5.74) is -0.171. The number of alkyl halides is 3. The van der Waals surface area contributed by atoms with Crippen molar-refractivity contribution in [1.29, 1.82) is 0 Å². The molecule has 0 radical (unpaired) electrons. The molecule has 0 atom stereocenters. The number of nitrogens with zero attached hydrogens (tertiary/aromatic N) is 7. The monoisotopic (exact) mass is 349 g/mol. The summed E-state index contributed by atoms with van der Waals surface area (Å²) in [6, 6.07) is 0.878. The normalized spacial score (nSPS) is 15.8. The third-order valence-electron chi connectivity index (χ3n) is 4.09. The van der Waals surface area contributed by atoms with Crippen molar-refractivity contribution in [2.45, 2.75) is 6.18 Å². The van der Waals surface area contributed by atoms with Crippen molar-refractivity contribution in [1.82, 2.24) is 24.3 Å². The highest BCUT2D eigenvalue weighted by Gasteiger charge is 2.33. The van der Waals surface area contributed by atoms with Crippen LogP contribution in [0.3, 0.4) is 0 Å². The van der Waals surface area contributed by atoms with Crippen molar-refractivity contribution in [2.24, 2.45) is 0 Å². The van der Waals surface area contributed by atoms with Crippen LogP contribution in [0, 0.1) is 0 Å². The summed E-state index contributed by atoms with van der Waals surface area (Å²) in [4.78, 5) is 20.1. The number of anilines is 2. The van der Waals surface area contributed by atoms with E-state index in [0.717, 1.165) is 23.7 Å². The van der Waals surface area contributed by atoms with Gasteiger partial charge in [-0.2, -0.15) is 13.2 Å². The van der Waals surface area contributed by atoms with Crippen LogP contribution < -0.4 is 9.80 Å². The third kappa shape index (κ3) is 2.94. The second-order valence-electron chi connectivity index (χ2n) is 5.62. The van der Waals surface area contributed by atoms with E-state index in [0.29, 0.717) is 26.2 Å². The lowest BCUT2D eigenvalue weighted by molar-refractivity contribution is -0.141. The molecule has 0 amide bonds. The van der Waals surface area contributed by atoms with E-state index in [9.17, 15) is 13.2 Å². The van der Waals surface area contributed by atoms with Crippen LogP contribution in [-0.2, 0) is 6.18 Å². The van der Waals surface area contributed by atoms with E-state index in [4.69, 9.17) is 0 Å². The minimum Gasteiger partial charge on any atom is -0.350 e. The fraction of sp³-hybridized carbons (Fsp3) is 0.333. The summed E-state index contributed by atoms with van der Waals surface area (Å²) in [5.74, 6) is 0.860. The Bertz CT molecular complexity index is 884. The fourth-order valence-corrected chi connectivity index (χ4v) is 2.84. The van der Waals surface area contributed by atoms with E-state index >= 15 is 0 Å². The lowest BCUT2D eigenvalue weighted by Crippen LogP contribution is -2.47. The quantitative estimate of drug-likeness (QED) is 0.704. The fourth-order valence-electron chi connectivity index (χ4n) is 2.84. The van der Waals surface area contributed by atoms with Crippen molar-refractivity contribution in [3.8, 4) is 0 Å². The van der Waals surface area contributed by atoms with E-state index in [1.165, 1.54) is 0 Å². The minimum absolute atomic E-state index is 0.0986. The molecule has 0 N–H and O–H groups in total. The summed E-state index contributed by atoms with van der Waals surface area (Å²) in [6.45, 7) is 2.20. The van der Waals surface area contributed by atoms with E-state index in [-0.39, 0.29) is 5.95 Å². The van der Waals surface area contributed by atoms with Gasteiger partial charge in [0.15, 0.2) is 11.5 Å². The molecule has 1 fully saturated rings. The number of halogens is 3. The maximum Gasteiger partial charge on any atom is 0.433 e. The maximum atomic E-state index is 12.8. The smallest absolute Gasteiger partial charge is 0.350 e. The van der Waals surface area contributed by atoms with Crippen LogP contribution in [0.2, 0.25) is 0 Å². The molecule has 0 spiro atoms. The maximum absolute atomic E-state index is 12.8. The Morgan fingerprint density at radius 2 is 1.52 bits per heavy atom. The molecule has 7 nitrogen and oxygen atoms in total. The summed E-state index contributed by atoms with van der Waals surface area (Å²) in [5, 5.41) is 0. The summed E-state index contributed by atoms with van der Waals surface area (Å²) >= 11 is 0. The first kappa shape index (κ1) is 15.6. The summed E-state index contributed by atoms with van der Waals surface area (Å²) in [6.07, 6.45) is 3.73. The topological polar surface area (TPSA) is 62.5 Å². The zero-order valence-electron chi connectivity index (χ0n) is 13.1. The Kier molecular flexibility index (Phi) is 3.66. The highest BCUT2D eigenvalue weighted by molar-refractivity contribution is 5.64. The molecule has 3 aromatic rings. The highest BCUT2D eigenvalue weighted by atomic mass is 19.4. The molecule has 25 heavy (non-hydrogen) atoms. The number of piperazine rings is 1. The average molecular weight is 349 g/mol. The van der Waals surface area contributed by atoms with Gasteiger partial charge in [-0.05, 0) is 6.07 Å². The van der Waals surface area contributed by atoms with Gasteiger partial charge >= 0.3 is 6.18 Å². The summed E-state index contributed by atoms with van der Waals surface area (Å²) < 4.78 is 40.3. The van der Waals surface area contributed by atoms with Crippen LogP contribution in [0.5, 0.6) is 0 Å². The number of hydrogen-bond acceptors (Lipinski definition) is 6. The highest BCUT2D eigenvalue weighted by Crippen LogP contribution is 2.28. The van der Waals surface area contributed by atoms with Crippen LogP contribution in [0.15, 0.2) is 37.1 Å². The molecule has 10 heteroatoms. The zero-order chi connectivity index (χ0) is 17.4. The lowest BCUT2D eigenvalue weighted by atomic mass is 10.3. The second-order valence-corrected chi connectivity index (χ2v) is 5.62. The average Bonchev–Trinajstić information content (AvgIpc) is 3.10. The predicted octanol–water partition coefficient (Wildman–Crippen LogP) is 1.86. The molecule has 0 bridgehead atoms. The van der Waals surface area contributed by atoms with Crippen molar-refractivity contribution in [2.75, 3.05) is 36.0 Å². The molecule has 1 aliphatic heterocycles. The van der Waals surface area contributed by atoms with Crippen molar-refractivity contribution in [3.63, 3.8) is 0 Å². The lowest BCUT2D eigenvalue weighted by Gasteiger charge is -2.35. The number of fused-ring (bicyclic) bond motifs is 1. The standard InChI is InChI=1S/C15H14F3N7/c16-15(17,18)11-1-2-21-14(22-11)25-9-7-24(8-10-25)13-12-19-3-5-23(12)6-4-20-13/h1-6H,7-10H2. The molecule has 1 aliphatic rings. The molecule has 0 unspecified atom stereocenters. The number of imidazole rings is 1. The van der Waals surface area contributed by atoms with Gasteiger partial charge in [0, 0.05) is 57.2 Å². The summed E-state index contributed by atoms with van der Waals surface area (Å²) in [7, 11) is 0. The van der Waals surface area contributed by atoms with Crippen LogP contribution in [0.4, 0.5) is 24.9 Å². The SMILES string of the molecule is FC(F)(F)c1ccnc(N2CCN(c3nccn4ccnc34)CC2)n1. The van der Waals surface area contributed by atoms with E-state index < -0.39 is 11.9 Å². The number of rotatable bonds is 2. The Balaban J connectivity index is 1.51. The van der Waals surface area contributed by atoms with E-state index in [2.05, 4.69) is 24.8 Å². The van der Waals surface area contributed by atoms with Crippen LogP contribution >= 0.6 is 0 Å². The molecule has 1 saturated heterocycles. The zero-order valence-corrected chi connectivity index (χ0v) is 13.1. The molecule has 0 saturated carbocycles. The molecular formula is C15H14F3N7. The van der Waals surface area contributed by atoms with Crippen molar-refractivity contribution < 1.29 is 13.2 Å². The second kappa shape index (κ2) is 5.87. The minimum atomic E-state index is -4.47. The van der Waals surface area contributed by atoms with E-state index in [1.54, 1.807) is 17.3 Å². The van der Waals surface area contributed by atoms with Gasteiger partial charge in [0.05, 0.1) is 0 Å². The van der Waals surface area contributed by atoms with Crippen molar-refractivity contribution >= 4 is 17.4 Å². The molecule has 0 aromatic carbocycles. The predicted molar refractivity (Wildman–Crippen MR) is 84.4 cm³/mol. The molecule has 3 aromatic heterocycles. The van der Waals surface area contributed by atoms with Crippen LogP contribution in [0.25, 0.3) is 5.65 Å². The largest absolute Gasteiger partial charge is 0.433 e. The van der Waals surface area contributed by atoms with E-state index in [1.807, 2.05) is 16.8 Å². The molecule has 4 heterocycles. The van der Waals surface area contributed by atoms with Gasteiger partial charge in [0.25, 0.3) is 0 Å². The Morgan fingerprint density at radius 1 is 0.840 bits per heavy atom. The van der Waals surface area contributed by atoms with Crippen LogP contribution in [-0.4, -0.2) is 50.5 Å². The first-order valence-electron chi connectivity index (χ1n) is 7.70. The van der Waals surface area contributed by atoms with Gasteiger partial charge in [-0.3, -0.25) is 0 Å². The van der Waals surface area contributed by atoms with Crippen molar-refractivity contribution in [3.05, 3.63) is 42.7 Å². The molecule has 130 valence electrons. The van der Waals surface area contributed by atoms with Gasteiger partial charge in [-0.1, -0.05) is 0 Å². The molecular weight excluding hydrogens is 335 g/mol. The first-order valence-corrected chi connectivity index (χ1v) is 7.70. The number of aromatic nitrogens is 5. The Hall–Kier alpha value is -2.91. The van der Waals surface area contributed by atoms with Gasteiger partial charge in [-0.25, -0.2) is 19.9 Å². The molecule has 4 rings (SSSR count). The Morgan fingerprint density at radius 3 is 2.24 bits per heavy atom. The van der Waals surface area contributed by atoms with Gasteiger partial charge in [0.2, 0.25) is 5.95 Å². The van der Waals surface area contributed by atoms with Crippen LogP contribution in [0.1, 0.15) is 5.69 Å². The van der Waals surface area contributed by atoms with Gasteiger partial charge in [0.1, 0.15) is 5.69 Å². The van der Waals surface area contributed by atoms with Gasteiger partial charge < -0.3 is 14.2 Å². The number of hydrogen-bond donors (Lipinski definition) is 0. The molecule has 0 aliphatic carbocycles. The first-order chi connectivity index (χ1) is 12.0. The third-order valence-corrected chi connectivity index (χ3v) is 4.09. The Labute approximate surface area is 140 Å². The van der Waals surface area contributed by atoms with Gasteiger partial charge in [-0.15, -0.1) is 0 Å².